The lowest BCUT2D eigenvalue weighted by Crippen LogP contribution is -2.48. The third kappa shape index (κ3) is 3.25. The van der Waals surface area contributed by atoms with Gasteiger partial charge in [0.1, 0.15) is 5.82 Å². The minimum atomic E-state index is -0.429. The summed E-state index contributed by atoms with van der Waals surface area (Å²) < 4.78 is 13.0. The van der Waals surface area contributed by atoms with E-state index in [1.807, 2.05) is 0 Å². The predicted octanol–water partition coefficient (Wildman–Crippen LogP) is 2.91. The van der Waals surface area contributed by atoms with Gasteiger partial charge < -0.3 is 10.6 Å². The van der Waals surface area contributed by atoms with Crippen LogP contribution in [0, 0.1) is 5.82 Å². The van der Waals surface area contributed by atoms with E-state index in [0.717, 1.165) is 12.8 Å². The second-order valence-corrected chi connectivity index (χ2v) is 5.81. The van der Waals surface area contributed by atoms with Gasteiger partial charge in [-0.05, 0) is 43.9 Å². The summed E-state index contributed by atoms with van der Waals surface area (Å²) in [6.07, 6.45) is 4.30. The fourth-order valence-corrected chi connectivity index (χ4v) is 3.36. The molecular formula is C14H17Cl2FN2O. The SMILES string of the molecule is Cl.O=C(NC1CC2CCC(C1)N2)c1ccc(F)cc1Cl. The minimum absolute atomic E-state index is 0. The molecule has 0 aliphatic carbocycles. The average Bonchev–Trinajstić information content (AvgIpc) is 2.68. The van der Waals surface area contributed by atoms with E-state index in [4.69, 9.17) is 11.6 Å². The first kappa shape index (κ1) is 15.5. The number of amides is 1. The maximum Gasteiger partial charge on any atom is 0.253 e. The van der Waals surface area contributed by atoms with Crippen molar-refractivity contribution < 1.29 is 9.18 Å². The van der Waals surface area contributed by atoms with E-state index in [9.17, 15) is 9.18 Å². The zero-order chi connectivity index (χ0) is 13.4. The van der Waals surface area contributed by atoms with Crippen LogP contribution < -0.4 is 10.6 Å². The smallest absolute Gasteiger partial charge is 0.253 e. The number of rotatable bonds is 2. The lowest BCUT2D eigenvalue weighted by Gasteiger charge is -2.29. The number of halogens is 3. The lowest BCUT2D eigenvalue weighted by atomic mass is 9.99. The van der Waals surface area contributed by atoms with Crippen LogP contribution in [0.2, 0.25) is 5.02 Å². The van der Waals surface area contributed by atoms with E-state index in [1.165, 1.54) is 31.0 Å². The van der Waals surface area contributed by atoms with Gasteiger partial charge in [-0.3, -0.25) is 4.79 Å². The quantitative estimate of drug-likeness (QED) is 0.880. The van der Waals surface area contributed by atoms with Gasteiger partial charge in [0.2, 0.25) is 0 Å². The van der Waals surface area contributed by atoms with E-state index >= 15 is 0 Å². The zero-order valence-electron chi connectivity index (χ0n) is 10.9. The number of carbonyl (C=O) groups is 1. The molecule has 2 atom stereocenters. The molecule has 1 amide bonds. The minimum Gasteiger partial charge on any atom is -0.349 e. The van der Waals surface area contributed by atoms with Crippen molar-refractivity contribution >= 4 is 29.9 Å². The maximum atomic E-state index is 13.0. The zero-order valence-corrected chi connectivity index (χ0v) is 12.4. The van der Waals surface area contributed by atoms with Gasteiger partial charge >= 0.3 is 0 Å². The molecule has 1 aromatic rings. The van der Waals surface area contributed by atoms with E-state index < -0.39 is 5.82 Å². The Labute approximate surface area is 128 Å². The van der Waals surface area contributed by atoms with Gasteiger partial charge in [-0.1, -0.05) is 11.6 Å². The number of fused-ring (bicyclic) bond motifs is 2. The molecule has 6 heteroatoms. The molecule has 0 spiro atoms. The summed E-state index contributed by atoms with van der Waals surface area (Å²) in [5.74, 6) is -0.641. The highest BCUT2D eigenvalue weighted by Gasteiger charge is 2.34. The second kappa shape index (κ2) is 6.29. The molecule has 2 heterocycles. The Morgan fingerprint density at radius 3 is 2.55 bits per heavy atom. The Bertz CT molecular complexity index is 500. The van der Waals surface area contributed by atoms with Gasteiger partial charge in [-0.15, -0.1) is 12.4 Å². The van der Waals surface area contributed by atoms with Crippen LogP contribution in [0.4, 0.5) is 4.39 Å². The van der Waals surface area contributed by atoms with Crippen molar-refractivity contribution in [2.75, 3.05) is 0 Å². The first-order chi connectivity index (χ1) is 9.11. The summed E-state index contributed by atoms with van der Waals surface area (Å²) in [6, 6.07) is 5.09. The molecule has 1 aromatic carbocycles. The first-order valence-electron chi connectivity index (χ1n) is 6.64. The highest BCUT2D eigenvalue weighted by molar-refractivity contribution is 6.33. The molecule has 0 aromatic heterocycles. The number of carbonyl (C=O) groups excluding carboxylic acids is 1. The molecule has 2 aliphatic rings. The molecule has 2 unspecified atom stereocenters. The van der Waals surface area contributed by atoms with Gasteiger partial charge in [-0.2, -0.15) is 0 Å². The third-order valence-electron chi connectivity index (χ3n) is 3.98. The summed E-state index contributed by atoms with van der Waals surface area (Å²) in [5.41, 5.74) is 0.342. The van der Waals surface area contributed by atoms with Gasteiger partial charge in [0.15, 0.2) is 0 Å². The van der Waals surface area contributed by atoms with Crippen molar-refractivity contribution in [2.45, 2.75) is 43.8 Å². The van der Waals surface area contributed by atoms with Gasteiger partial charge in [0.25, 0.3) is 5.91 Å². The highest BCUT2D eigenvalue weighted by Crippen LogP contribution is 2.27. The molecule has 0 saturated carbocycles. The van der Waals surface area contributed by atoms with E-state index in [1.54, 1.807) is 0 Å². The largest absolute Gasteiger partial charge is 0.349 e. The Kier molecular flexibility index (Phi) is 4.89. The Balaban J connectivity index is 0.00000147. The lowest BCUT2D eigenvalue weighted by molar-refractivity contribution is 0.0924. The van der Waals surface area contributed by atoms with Crippen LogP contribution in [0.3, 0.4) is 0 Å². The number of nitrogens with one attached hydrogen (secondary N) is 2. The third-order valence-corrected chi connectivity index (χ3v) is 4.30. The number of benzene rings is 1. The normalized spacial score (nSPS) is 27.8. The van der Waals surface area contributed by atoms with Crippen LogP contribution in [-0.2, 0) is 0 Å². The fourth-order valence-electron chi connectivity index (χ4n) is 3.11. The van der Waals surface area contributed by atoms with Crippen molar-refractivity contribution in [3.05, 3.63) is 34.6 Å². The summed E-state index contributed by atoms with van der Waals surface area (Å²) in [5, 5.41) is 6.70. The van der Waals surface area contributed by atoms with Gasteiger partial charge in [0, 0.05) is 18.1 Å². The predicted molar refractivity (Wildman–Crippen MR) is 79.1 cm³/mol. The Morgan fingerprint density at radius 2 is 1.95 bits per heavy atom. The molecule has 2 aliphatic heterocycles. The first-order valence-corrected chi connectivity index (χ1v) is 7.01. The van der Waals surface area contributed by atoms with Crippen LogP contribution in [0.25, 0.3) is 0 Å². The number of piperidine rings is 1. The van der Waals surface area contributed by atoms with Crippen molar-refractivity contribution in [2.24, 2.45) is 0 Å². The maximum absolute atomic E-state index is 13.0. The van der Waals surface area contributed by atoms with Crippen LogP contribution in [0.5, 0.6) is 0 Å². The van der Waals surface area contributed by atoms with Gasteiger partial charge in [-0.25, -0.2) is 4.39 Å². The summed E-state index contributed by atoms with van der Waals surface area (Å²) >= 11 is 5.90. The molecule has 0 radical (unpaired) electrons. The second-order valence-electron chi connectivity index (χ2n) is 5.40. The molecule has 2 saturated heterocycles. The molecular weight excluding hydrogens is 302 g/mol. The van der Waals surface area contributed by atoms with E-state index in [2.05, 4.69) is 10.6 Å². The molecule has 110 valence electrons. The molecule has 3 nitrogen and oxygen atoms in total. The highest BCUT2D eigenvalue weighted by atomic mass is 35.5. The van der Waals surface area contributed by atoms with Crippen molar-refractivity contribution in [1.82, 2.24) is 10.6 Å². The van der Waals surface area contributed by atoms with Crippen molar-refractivity contribution in [3.63, 3.8) is 0 Å². The Morgan fingerprint density at radius 1 is 1.30 bits per heavy atom. The standard InChI is InChI=1S/C14H16ClFN2O.ClH/c15-13-5-8(16)1-4-12(13)14(19)18-11-6-9-2-3-10(7-11)17-9;/h1,4-5,9-11,17H,2-3,6-7H2,(H,18,19);1H. The Hall–Kier alpha value is -0.840. The molecule has 2 fully saturated rings. The van der Waals surface area contributed by atoms with Crippen molar-refractivity contribution in [3.8, 4) is 0 Å². The van der Waals surface area contributed by atoms with E-state index in [0.29, 0.717) is 17.6 Å². The van der Waals surface area contributed by atoms with Crippen LogP contribution in [0.1, 0.15) is 36.0 Å². The fraction of sp³-hybridized carbons (Fsp3) is 0.500. The van der Waals surface area contributed by atoms with Crippen molar-refractivity contribution in [1.29, 1.82) is 0 Å². The number of hydrogen-bond donors (Lipinski definition) is 2. The van der Waals surface area contributed by atoms with Gasteiger partial charge in [0.05, 0.1) is 10.6 Å². The molecule has 2 N–H and O–H groups in total. The van der Waals surface area contributed by atoms with E-state index in [-0.39, 0.29) is 29.4 Å². The van der Waals surface area contributed by atoms with Crippen LogP contribution in [-0.4, -0.2) is 24.0 Å². The molecule has 2 bridgehead atoms. The summed E-state index contributed by atoms with van der Waals surface area (Å²) in [7, 11) is 0. The molecule has 20 heavy (non-hydrogen) atoms. The summed E-state index contributed by atoms with van der Waals surface area (Å²) in [6.45, 7) is 0. The summed E-state index contributed by atoms with van der Waals surface area (Å²) in [4.78, 5) is 12.1. The van der Waals surface area contributed by atoms with Crippen LogP contribution >= 0.6 is 24.0 Å². The molecule has 3 rings (SSSR count). The number of hydrogen-bond acceptors (Lipinski definition) is 2. The van der Waals surface area contributed by atoms with Crippen LogP contribution in [0.15, 0.2) is 18.2 Å². The average molecular weight is 319 g/mol. The topological polar surface area (TPSA) is 41.1 Å². The monoisotopic (exact) mass is 318 g/mol.